The number of hydrogen-bond acceptors (Lipinski definition) is 5. The fourth-order valence-corrected chi connectivity index (χ4v) is 3.85. The van der Waals surface area contributed by atoms with Gasteiger partial charge in [-0.3, -0.25) is 4.79 Å². The second-order valence-corrected chi connectivity index (χ2v) is 8.31. The average molecular weight is 440 g/mol. The Morgan fingerprint density at radius 2 is 1.97 bits per heavy atom. The van der Waals surface area contributed by atoms with Gasteiger partial charge in [0.1, 0.15) is 17.2 Å². The molecule has 0 saturated carbocycles. The molecule has 3 aromatic heterocycles. The molecule has 0 aliphatic rings. The molecule has 1 atom stereocenters. The van der Waals surface area contributed by atoms with E-state index in [1.54, 1.807) is 12.4 Å². The van der Waals surface area contributed by atoms with E-state index in [1.807, 2.05) is 28.9 Å². The van der Waals surface area contributed by atoms with Crippen LogP contribution in [0, 0.1) is 0 Å². The largest absolute Gasteiger partial charge is 0.351 e. The number of carbonyl (C=O) groups excluding carboxylic acids is 1. The summed E-state index contributed by atoms with van der Waals surface area (Å²) in [5, 5.41) is 6.46. The van der Waals surface area contributed by atoms with Gasteiger partial charge < -0.3 is 24.9 Å². The first-order chi connectivity index (χ1) is 15.6. The molecule has 0 fully saturated rings. The van der Waals surface area contributed by atoms with Crippen LogP contribution in [0.4, 0.5) is 0 Å². The van der Waals surface area contributed by atoms with E-state index in [0.29, 0.717) is 18.8 Å². The Labute approximate surface area is 190 Å². The summed E-state index contributed by atoms with van der Waals surface area (Å²) in [5.41, 5.74) is 2.34. The molecule has 0 aromatic carbocycles. The predicted octanol–water partition coefficient (Wildman–Crippen LogP) is 3.54. The fourth-order valence-electron chi connectivity index (χ4n) is 3.85. The monoisotopic (exact) mass is 439 g/mol. The van der Waals surface area contributed by atoms with E-state index in [1.165, 1.54) is 12.8 Å². The maximum Gasteiger partial charge on any atom is 0.271 e. The highest BCUT2D eigenvalue weighted by Gasteiger charge is 2.12. The zero-order valence-electron chi connectivity index (χ0n) is 19.6. The van der Waals surface area contributed by atoms with Crippen LogP contribution < -0.4 is 10.6 Å². The summed E-state index contributed by atoms with van der Waals surface area (Å²) in [6.07, 6.45) is 11.8. The first-order valence-corrected chi connectivity index (χ1v) is 11.8. The molecule has 3 N–H and O–H groups in total. The molecule has 0 aliphatic carbocycles. The van der Waals surface area contributed by atoms with Crippen LogP contribution in [0.2, 0.25) is 0 Å². The van der Waals surface area contributed by atoms with Gasteiger partial charge in [0.25, 0.3) is 5.91 Å². The topological polar surface area (TPSA) is 90.4 Å². The van der Waals surface area contributed by atoms with E-state index in [0.717, 1.165) is 49.5 Å². The summed E-state index contributed by atoms with van der Waals surface area (Å²) in [4.78, 5) is 26.9. The minimum atomic E-state index is -0.112. The highest BCUT2D eigenvalue weighted by atomic mass is 16.1. The summed E-state index contributed by atoms with van der Waals surface area (Å²) in [7, 11) is 0. The number of amides is 1. The third-order valence-electron chi connectivity index (χ3n) is 5.55. The Morgan fingerprint density at radius 1 is 1.16 bits per heavy atom. The van der Waals surface area contributed by atoms with Gasteiger partial charge in [0.2, 0.25) is 0 Å². The number of nitrogens with zero attached hydrogens (tertiary/aromatic N) is 4. The van der Waals surface area contributed by atoms with Crippen molar-refractivity contribution in [3.8, 4) is 0 Å². The quantitative estimate of drug-likeness (QED) is 0.334. The molecule has 0 saturated heterocycles. The van der Waals surface area contributed by atoms with Crippen LogP contribution in [-0.2, 0) is 6.54 Å². The summed E-state index contributed by atoms with van der Waals surface area (Å²) >= 11 is 0. The van der Waals surface area contributed by atoms with Gasteiger partial charge in [-0.15, -0.1) is 0 Å². The fraction of sp³-hybridized carbons (Fsp3) is 0.542. The number of carbonyl (C=O) groups is 1. The van der Waals surface area contributed by atoms with E-state index in [9.17, 15) is 4.79 Å². The third kappa shape index (κ3) is 6.90. The van der Waals surface area contributed by atoms with E-state index in [-0.39, 0.29) is 11.9 Å². The molecule has 1 amide bonds. The Bertz CT molecular complexity index is 945. The number of hydrogen-bond donors (Lipinski definition) is 3. The van der Waals surface area contributed by atoms with E-state index >= 15 is 0 Å². The van der Waals surface area contributed by atoms with E-state index in [2.05, 4.69) is 51.3 Å². The van der Waals surface area contributed by atoms with E-state index in [4.69, 9.17) is 0 Å². The average Bonchev–Trinajstić information content (AvgIpc) is 3.47. The highest BCUT2D eigenvalue weighted by molar-refractivity contribution is 5.92. The van der Waals surface area contributed by atoms with Crippen LogP contribution in [0.3, 0.4) is 0 Å². The van der Waals surface area contributed by atoms with Crippen molar-refractivity contribution in [1.82, 2.24) is 34.9 Å². The van der Waals surface area contributed by atoms with Crippen molar-refractivity contribution in [3.05, 3.63) is 54.0 Å². The number of rotatable bonds is 14. The van der Waals surface area contributed by atoms with Gasteiger partial charge in [-0.25, -0.2) is 9.97 Å². The van der Waals surface area contributed by atoms with Crippen LogP contribution in [0.15, 0.2) is 36.9 Å². The predicted molar refractivity (Wildman–Crippen MR) is 128 cm³/mol. The van der Waals surface area contributed by atoms with Crippen molar-refractivity contribution < 1.29 is 4.79 Å². The molecule has 0 aliphatic heterocycles. The first kappa shape index (κ1) is 23.9. The molecule has 0 spiro atoms. The molecule has 3 heterocycles. The maximum absolute atomic E-state index is 12.5. The van der Waals surface area contributed by atoms with E-state index < -0.39 is 0 Å². The Hall–Kier alpha value is -2.71. The molecular formula is C24H37N7O. The summed E-state index contributed by atoms with van der Waals surface area (Å²) in [6, 6.07) is 4.10. The minimum absolute atomic E-state index is 0.112. The molecular weight excluding hydrogens is 402 g/mol. The molecule has 8 nitrogen and oxygen atoms in total. The lowest BCUT2D eigenvalue weighted by Crippen LogP contribution is -2.28. The Kier molecular flexibility index (Phi) is 9.25. The van der Waals surface area contributed by atoms with Crippen LogP contribution in [0.25, 0.3) is 5.65 Å². The molecule has 0 radical (unpaired) electrons. The second-order valence-electron chi connectivity index (χ2n) is 8.31. The summed E-state index contributed by atoms with van der Waals surface area (Å²) in [5.74, 6) is 0.801. The smallest absolute Gasteiger partial charge is 0.271 e. The lowest BCUT2D eigenvalue weighted by atomic mass is 10.2. The first-order valence-electron chi connectivity index (χ1n) is 11.8. The molecule has 8 heteroatoms. The van der Waals surface area contributed by atoms with Gasteiger partial charge in [-0.05, 0) is 63.9 Å². The number of unbranched alkanes of at least 4 members (excludes halogenated alkanes) is 1. The standard InChI is InChI=1S/C24H37N7O/c1-4-13-30(14-5-2)15-7-6-10-27-24(32)21-18-31-17-20(8-9-22(31)29-21)16-28-19(3)23-25-11-12-26-23/h8-9,11-12,17-19,28H,4-7,10,13-16H2,1-3H3,(H,25,26)(H,27,32). The molecule has 0 bridgehead atoms. The zero-order valence-corrected chi connectivity index (χ0v) is 19.6. The number of aromatic amines is 1. The maximum atomic E-state index is 12.5. The minimum Gasteiger partial charge on any atom is -0.351 e. The van der Waals surface area contributed by atoms with Crippen LogP contribution in [0.1, 0.15) is 74.4 Å². The van der Waals surface area contributed by atoms with Crippen LogP contribution >= 0.6 is 0 Å². The molecule has 3 rings (SSSR count). The summed E-state index contributed by atoms with van der Waals surface area (Å²) < 4.78 is 1.91. The SMILES string of the molecule is CCCN(CCC)CCCCNC(=O)c1cn2cc(CNC(C)c3ncc[nH]3)ccc2n1. The third-order valence-corrected chi connectivity index (χ3v) is 5.55. The zero-order chi connectivity index (χ0) is 22.8. The summed E-state index contributed by atoms with van der Waals surface area (Å²) in [6.45, 7) is 11.3. The highest BCUT2D eigenvalue weighted by Crippen LogP contribution is 2.11. The number of pyridine rings is 1. The number of imidazole rings is 2. The Morgan fingerprint density at radius 3 is 2.69 bits per heavy atom. The second kappa shape index (κ2) is 12.4. The van der Waals surface area contributed by atoms with Crippen molar-refractivity contribution >= 4 is 11.6 Å². The van der Waals surface area contributed by atoms with Gasteiger partial charge in [0.05, 0.1) is 6.04 Å². The van der Waals surface area contributed by atoms with Crippen molar-refractivity contribution in [2.75, 3.05) is 26.2 Å². The molecule has 3 aromatic rings. The lowest BCUT2D eigenvalue weighted by molar-refractivity contribution is 0.0948. The van der Waals surface area contributed by atoms with Crippen LogP contribution in [-0.4, -0.2) is 56.3 Å². The van der Waals surface area contributed by atoms with Crippen molar-refractivity contribution in [1.29, 1.82) is 0 Å². The molecule has 32 heavy (non-hydrogen) atoms. The van der Waals surface area contributed by atoms with Gasteiger partial charge in [0, 0.05) is 37.9 Å². The number of aromatic nitrogens is 4. The normalized spacial score (nSPS) is 12.5. The molecule has 174 valence electrons. The van der Waals surface area contributed by atoms with Crippen molar-refractivity contribution in [3.63, 3.8) is 0 Å². The number of fused-ring (bicyclic) bond motifs is 1. The van der Waals surface area contributed by atoms with Crippen molar-refractivity contribution in [2.45, 2.75) is 59.0 Å². The number of H-pyrrole nitrogens is 1. The van der Waals surface area contributed by atoms with Gasteiger partial charge >= 0.3 is 0 Å². The van der Waals surface area contributed by atoms with Crippen molar-refractivity contribution in [2.24, 2.45) is 0 Å². The number of nitrogens with one attached hydrogen (secondary N) is 3. The van der Waals surface area contributed by atoms with Gasteiger partial charge in [-0.2, -0.15) is 0 Å². The molecule has 1 unspecified atom stereocenters. The Balaban J connectivity index is 1.45. The van der Waals surface area contributed by atoms with Crippen LogP contribution in [0.5, 0.6) is 0 Å². The van der Waals surface area contributed by atoms with Gasteiger partial charge in [0.15, 0.2) is 0 Å². The lowest BCUT2D eigenvalue weighted by Gasteiger charge is -2.20. The van der Waals surface area contributed by atoms with Gasteiger partial charge in [-0.1, -0.05) is 19.9 Å².